The van der Waals surface area contributed by atoms with Crippen LogP contribution >= 0.6 is 0 Å². The van der Waals surface area contributed by atoms with Gasteiger partial charge in [-0.1, -0.05) is 0 Å². The van der Waals surface area contributed by atoms with Gasteiger partial charge in [0.25, 0.3) is 5.91 Å². The molecule has 0 aromatic heterocycles. The van der Waals surface area contributed by atoms with Crippen LogP contribution in [0.5, 0.6) is 11.5 Å². The highest BCUT2D eigenvalue weighted by Gasteiger charge is 2.19. The molecule has 0 radical (unpaired) electrons. The minimum atomic E-state index is -0.0818. The fraction of sp³-hybridized carbons (Fsp3) is 0.533. The van der Waals surface area contributed by atoms with E-state index in [0.717, 1.165) is 6.42 Å². The first-order valence-corrected chi connectivity index (χ1v) is 6.79. The average molecular weight is 280 g/mol. The molecule has 0 heterocycles. The van der Waals surface area contributed by atoms with Crippen LogP contribution in [0.4, 0.5) is 0 Å². The van der Waals surface area contributed by atoms with Crippen LogP contribution in [0.25, 0.3) is 0 Å². The Labute approximate surface area is 120 Å². The Balaban J connectivity index is 3.02. The van der Waals surface area contributed by atoms with Gasteiger partial charge in [0.1, 0.15) is 11.5 Å². The van der Waals surface area contributed by atoms with E-state index in [1.54, 1.807) is 37.3 Å². The first kappa shape index (κ1) is 16.3. The second kappa shape index (κ2) is 7.75. The van der Waals surface area contributed by atoms with Gasteiger partial charge in [-0.25, -0.2) is 0 Å². The van der Waals surface area contributed by atoms with Crippen molar-refractivity contribution in [3.05, 3.63) is 23.8 Å². The van der Waals surface area contributed by atoms with E-state index < -0.39 is 0 Å². The van der Waals surface area contributed by atoms with E-state index in [9.17, 15) is 4.79 Å². The number of hydrogen-bond acceptors (Lipinski definition) is 4. The van der Waals surface area contributed by atoms with Crippen LogP contribution in [0.1, 0.15) is 30.6 Å². The molecule has 112 valence electrons. The molecule has 0 saturated carbocycles. The van der Waals surface area contributed by atoms with Crippen molar-refractivity contribution in [1.29, 1.82) is 0 Å². The minimum Gasteiger partial charge on any atom is -0.497 e. The second-order valence-corrected chi connectivity index (χ2v) is 4.86. The van der Waals surface area contributed by atoms with Crippen LogP contribution < -0.4 is 15.2 Å². The second-order valence-electron chi connectivity index (χ2n) is 4.86. The predicted molar refractivity (Wildman–Crippen MR) is 79.4 cm³/mol. The van der Waals surface area contributed by atoms with Crippen molar-refractivity contribution in [2.75, 3.05) is 27.3 Å². The molecule has 0 unspecified atom stereocenters. The molecule has 1 rings (SSSR count). The maximum Gasteiger partial charge on any atom is 0.257 e. The highest BCUT2D eigenvalue weighted by atomic mass is 16.5. The largest absolute Gasteiger partial charge is 0.497 e. The summed E-state index contributed by atoms with van der Waals surface area (Å²) >= 11 is 0. The molecular formula is C15H24N2O3. The third kappa shape index (κ3) is 4.13. The van der Waals surface area contributed by atoms with E-state index in [4.69, 9.17) is 15.2 Å². The molecule has 1 aromatic rings. The molecule has 0 spiro atoms. The van der Waals surface area contributed by atoms with Gasteiger partial charge in [-0.05, 0) is 45.0 Å². The number of amides is 1. The van der Waals surface area contributed by atoms with Crippen molar-refractivity contribution in [2.24, 2.45) is 5.73 Å². The van der Waals surface area contributed by atoms with Gasteiger partial charge >= 0.3 is 0 Å². The van der Waals surface area contributed by atoms with Crippen molar-refractivity contribution in [1.82, 2.24) is 4.90 Å². The summed E-state index contributed by atoms with van der Waals surface area (Å²) in [6.07, 6.45) is 0.750. The highest BCUT2D eigenvalue weighted by molar-refractivity contribution is 5.97. The van der Waals surface area contributed by atoms with Gasteiger partial charge in [0.05, 0.1) is 19.3 Å². The number of benzene rings is 1. The number of methoxy groups -OCH3 is 1. The third-order valence-corrected chi connectivity index (χ3v) is 3.12. The topological polar surface area (TPSA) is 64.8 Å². The first-order valence-electron chi connectivity index (χ1n) is 6.79. The van der Waals surface area contributed by atoms with Gasteiger partial charge in [-0.15, -0.1) is 0 Å². The minimum absolute atomic E-state index is 0.0818. The molecule has 0 saturated heterocycles. The number of rotatable bonds is 7. The molecule has 5 heteroatoms. The normalized spacial score (nSPS) is 10.5. The molecule has 0 atom stereocenters. The molecule has 1 amide bonds. The molecule has 0 fully saturated rings. The maximum absolute atomic E-state index is 12.5. The Morgan fingerprint density at radius 1 is 1.40 bits per heavy atom. The molecule has 0 aliphatic rings. The molecule has 20 heavy (non-hydrogen) atoms. The van der Waals surface area contributed by atoms with Gasteiger partial charge in [0.2, 0.25) is 0 Å². The lowest BCUT2D eigenvalue weighted by molar-refractivity contribution is 0.0750. The standard InChI is InChI=1S/C15H24N2O3/c1-11(2)17(3)15(18)13-10-12(19-4)6-7-14(13)20-9-5-8-16/h6-7,10-11H,5,8-9,16H2,1-4H3. The summed E-state index contributed by atoms with van der Waals surface area (Å²) in [5.41, 5.74) is 5.96. The van der Waals surface area contributed by atoms with Gasteiger partial charge < -0.3 is 20.1 Å². The average Bonchev–Trinajstić information content (AvgIpc) is 2.46. The van der Waals surface area contributed by atoms with Crippen LogP contribution in [0.15, 0.2) is 18.2 Å². The third-order valence-electron chi connectivity index (χ3n) is 3.12. The lowest BCUT2D eigenvalue weighted by Gasteiger charge is -2.23. The van der Waals surface area contributed by atoms with E-state index in [1.165, 1.54) is 0 Å². The lowest BCUT2D eigenvalue weighted by Crippen LogP contribution is -2.33. The number of hydrogen-bond donors (Lipinski definition) is 1. The first-order chi connectivity index (χ1) is 9.51. The van der Waals surface area contributed by atoms with Gasteiger partial charge in [0.15, 0.2) is 0 Å². The lowest BCUT2D eigenvalue weighted by atomic mass is 10.1. The number of nitrogens with zero attached hydrogens (tertiary/aromatic N) is 1. The molecule has 0 aliphatic heterocycles. The fourth-order valence-corrected chi connectivity index (χ4v) is 1.62. The molecule has 5 nitrogen and oxygen atoms in total. The quantitative estimate of drug-likeness (QED) is 0.775. The summed E-state index contributed by atoms with van der Waals surface area (Å²) in [6.45, 7) is 4.99. The van der Waals surface area contributed by atoms with Crippen molar-refractivity contribution < 1.29 is 14.3 Å². The van der Waals surface area contributed by atoms with Gasteiger partial charge in [0, 0.05) is 13.1 Å². The Kier molecular flexibility index (Phi) is 6.31. The zero-order valence-corrected chi connectivity index (χ0v) is 12.7. The Morgan fingerprint density at radius 2 is 2.10 bits per heavy atom. The number of nitrogens with two attached hydrogens (primary N) is 1. The number of ether oxygens (including phenoxy) is 2. The monoisotopic (exact) mass is 280 g/mol. The number of carbonyl (C=O) groups is 1. The highest BCUT2D eigenvalue weighted by Crippen LogP contribution is 2.26. The predicted octanol–water partition coefficient (Wildman–Crippen LogP) is 1.90. The van der Waals surface area contributed by atoms with E-state index in [0.29, 0.717) is 30.2 Å². The SMILES string of the molecule is COc1ccc(OCCCN)c(C(=O)N(C)C(C)C)c1. The maximum atomic E-state index is 12.5. The summed E-state index contributed by atoms with van der Waals surface area (Å²) in [6, 6.07) is 5.37. The Morgan fingerprint density at radius 3 is 2.65 bits per heavy atom. The van der Waals surface area contributed by atoms with Crippen LogP contribution in [0.2, 0.25) is 0 Å². The van der Waals surface area contributed by atoms with E-state index >= 15 is 0 Å². The van der Waals surface area contributed by atoms with Crippen molar-refractivity contribution in [3.63, 3.8) is 0 Å². The van der Waals surface area contributed by atoms with Crippen molar-refractivity contribution in [3.8, 4) is 11.5 Å². The van der Waals surface area contributed by atoms with Crippen molar-refractivity contribution >= 4 is 5.91 Å². The van der Waals surface area contributed by atoms with E-state index in [-0.39, 0.29) is 11.9 Å². The zero-order chi connectivity index (χ0) is 15.1. The zero-order valence-electron chi connectivity index (χ0n) is 12.7. The van der Waals surface area contributed by atoms with Crippen LogP contribution in [-0.2, 0) is 0 Å². The smallest absolute Gasteiger partial charge is 0.257 e. The molecule has 1 aromatic carbocycles. The Hall–Kier alpha value is -1.75. The Bertz CT molecular complexity index is 447. The van der Waals surface area contributed by atoms with Crippen molar-refractivity contribution in [2.45, 2.75) is 26.3 Å². The summed E-state index contributed by atoms with van der Waals surface area (Å²) in [7, 11) is 3.35. The van der Waals surface area contributed by atoms with E-state index in [1.807, 2.05) is 13.8 Å². The molecule has 0 aliphatic carbocycles. The van der Waals surface area contributed by atoms with Gasteiger partial charge in [-0.3, -0.25) is 4.79 Å². The van der Waals surface area contributed by atoms with Crippen LogP contribution in [-0.4, -0.2) is 44.2 Å². The summed E-state index contributed by atoms with van der Waals surface area (Å²) < 4.78 is 10.8. The molecule has 0 bridgehead atoms. The van der Waals surface area contributed by atoms with E-state index in [2.05, 4.69) is 0 Å². The summed E-state index contributed by atoms with van der Waals surface area (Å²) in [4.78, 5) is 14.1. The van der Waals surface area contributed by atoms with Gasteiger partial charge in [-0.2, -0.15) is 0 Å². The number of carbonyl (C=O) groups excluding carboxylic acids is 1. The molecular weight excluding hydrogens is 256 g/mol. The summed E-state index contributed by atoms with van der Waals surface area (Å²) in [5.74, 6) is 1.12. The fourth-order valence-electron chi connectivity index (χ4n) is 1.62. The molecule has 2 N–H and O–H groups in total. The van der Waals surface area contributed by atoms with Crippen LogP contribution in [0.3, 0.4) is 0 Å². The van der Waals surface area contributed by atoms with Crippen LogP contribution in [0, 0.1) is 0 Å². The summed E-state index contributed by atoms with van der Waals surface area (Å²) in [5, 5.41) is 0.